The summed E-state index contributed by atoms with van der Waals surface area (Å²) in [5, 5.41) is 23.2. The third-order valence-corrected chi connectivity index (χ3v) is 4.83. The average molecular weight is 333 g/mol. The molecule has 0 spiro atoms. The average Bonchev–Trinajstić information content (AvgIpc) is 3.28. The van der Waals surface area contributed by atoms with Crippen molar-refractivity contribution in [1.29, 1.82) is 0 Å². The minimum atomic E-state index is -0.476. The van der Waals surface area contributed by atoms with Crippen LogP contribution in [0.1, 0.15) is 42.5 Å². The van der Waals surface area contributed by atoms with E-state index in [2.05, 4.69) is 10.2 Å². The van der Waals surface area contributed by atoms with Crippen molar-refractivity contribution in [1.82, 2.24) is 5.32 Å². The van der Waals surface area contributed by atoms with Crippen molar-refractivity contribution in [3.8, 4) is 0 Å². The molecule has 1 aromatic carbocycles. The van der Waals surface area contributed by atoms with E-state index in [0.29, 0.717) is 17.9 Å². The van der Waals surface area contributed by atoms with Crippen molar-refractivity contribution in [3.63, 3.8) is 0 Å². The van der Waals surface area contributed by atoms with Crippen molar-refractivity contribution >= 4 is 17.3 Å². The van der Waals surface area contributed by atoms with Crippen LogP contribution in [0, 0.1) is 16.0 Å². The van der Waals surface area contributed by atoms with Gasteiger partial charge in [-0.15, -0.1) is 0 Å². The van der Waals surface area contributed by atoms with Crippen LogP contribution in [-0.4, -0.2) is 41.7 Å². The highest BCUT2D eigenvalue weighted by molar-refractivity contribution is 6.00. The molecule has 0 radical (unpaired) electrons. The number of hydrogen-bond donors (Lipinski definition) is 2. The molecule has 2 N–H and O–H groups in total. The van der Waals surface area contributed by atoms with Crippen LogP contribution in [0.4, 0.5) is 11.4 Å². The standard InChI is InChI=1S/C17H23N3O4/c21-10-7-15(12-3-4-12)18-17(22)14-11-13(20(23)24)5-6-16(14)19-8-1-2-9-19/h5-6,11-12,15,21H,1-4,7-10H2,(H,18,22)/t15-/m1/s1. The highest BCUT2D eigenvalue weighted by atomic mass is 16.6. The van der Waals surface area contributed by atoms with Crippen LogP contribution in [0.5, 0.6) is 0 Å². The Morgan fingerprint density at radius 2 is 2.08 bits per heavy atom. The molecule has 24 heavy (non-hydrogen) atoms. The number of carbonyl (C=O) groups excluding carboxylic acids is 1. The second-order valence-electron chi connectivity index (χ2n) is 6.58. The number of nitrogens with zero attached hydrogens (tertiary/aromatic N) is 2. The fourth-order valence-corrected chi connectivity index (χ4v) is 3.36. The highest BCUT2D eigenvalue weighted by Gasteiger charge is 2.33. The third kappa shape index (κ3) is 3.67. The third-order valence-electron chi connectivity index (χ3n) is 4.83. The maximum Gasteiger partial charge on any atom is 0.270 e. The predicted molar refractivity (Wildman–Crippen MR) is 90.2 cm³/mol. The van der Waals surface area contributed by atoms with Gasteiger partial charge in [-0.1, -0.05) is 0 Å². The summed E-state index contributed by atoms with van der Waals surface area (Å²) in [6.45, 7) is 1.75. The van der Waals surface area contributed by atoms with Gasteiger partial charge in [0, 0.05) is 37.9 Å². The van der Waals surface area contributed by atoms with E-state index in [0.717, 1.165) is 44.5 Å². The lowest BCUT2D eigenvalue weighted by Crippen LogP contribution is -2.38. The van der Waals surface area contributed by atoms with E-state index in [1.165, 1.54) is 12.1 Å². The number of nitro benzene ring substituents is 1. The van der Waals surface area contributed by atoms with Gasteiger partial charge in [-0.3, -0.25) is 14.9 Å². The fourth-order valence-electron chi connectivity index (χ4n) is 3.36. The summed E-state index contributed by atoms with van der Waals surface area (Å²) < 4.78 is 0. The van der Waals surface area contributed by atoms with E-state index in [9.17, 15) is 20.0 Å². The van der Waals surface area contributed by atoms with Crippen LogP contribution in [0.25, 0.3) is 0 Å². The number of rotatable bonds is 7. The summed E-state index contributed by atoms with van der Waals surface area (Å²) in [4.78, 5) is 25.5. The van der Waals surface area contributed by atoms with Gasteiger partial charge in [-0.05, 0) is 44.1 Å². The molecular formula is C17H23N3O4. The Bertz CT molecular complexity index is 624. The van der Waals surface area contributed by atoms with Crippen molar-refractivity contribution in [3.05, 3.63) is 33.9 Å². The van der Waals surface area contributed by atoms with E-state index in [4.69, 9.17) is 0 Å². The monoisotopic (exact) mass is 333 g/mol. The second kappa shape index (κ2) is 7.17. The van der Waals surface area contributed by atoms with E-state index < -0.39 is 4.92 Å². The molecule has 130 valence electrons. The Hall–Kier alpha value is -2.15. The van der Waals surface area contributed by atoms with Crippen molar-refractivity contribution in [2.24, 2.45) is 5.92 Å². The van der Waals surface area contributed by atoms with Crippen molar-refractivity contribution in [2.75, 3.05) is 24.6 Å². The number of nitro groups is 1. The smallest absolute Gasteiger partial charge is 0.270 e. The lowest BCUT2D eigenvalue weighted by Gasteiger charge is -2.23. The van der Waals surface area contributed by atoms with E-state index in [-0.39, 0.29) is 24.2 Å². The molecule has 2 fully saturated rings. The maximum absolute atomic E-state index is 12.8. The number of benzene rings is 1. The first-order valence-corrected chi connectivity index (χ1v) is 8.55. The molecule has 1 aliphatic carbocycles. The van der Waals surface area contributed by atoms with E-state index in [1.54, 1.807) is 6.07 Å². The Morgan fingerprint density at radius 1 is 1.38 bits per heavy atom. The van der Waals surface area contributed by atoms with Crippen LogP contribution < -0.4 is 10.2 Å². The topological polar surface area (TPSA) is 95.7 Å². The summed E-state index contributed by atoms with van der Waals surface area (Å²) in [6, 6.07) is 4.44. The molecule has 0 bridgehead atoms. The number of non-ortho nitro benzene ring substituents is 1. The molecule has 0 aromatic heterocycles. The first-order chi connectivity index (χ1) is 11.6. The molecule has 1 aromatic rings. The molecule has 1 saturated carbocycles. The van der Waals surface area contributed by atoms with Gasteiger partial charge in [0.2, 0.25) is 0 Å². The fraction of sp³-hybridized carbons (Fsp3) is 0.588. The summed E-state index contributed by atoms with van der Waals surface area (Å²) in [7, 11) is 0. The molecule has 1 amide bonds. The van der Waals surface area contributed by atoms with Crippen molar-refractivity contribution < 1.29 is 14.8 Å². The SMILES string of the molecule is O=C(N[C@H](CCO)C1CC1)c1cc([N+](=O)[O-])ccc1N1CCCC1. The number of amides is 1. The van der Waals surface area contributed by atoms with Crippen LogP contribution in [0.2, 0.25) is 0 Å². The van der Waals surface area contributed by atoms with Gasteiger partial charge in [-0.2, -0.15) is 0 Å². The second-order valence-corrected chi connectivity index (χ2v) is 6.58. The van der Waals surface area contributed by atoms with E-state index >= 15 is 0 Å². The van der Waals surface area contributed by atoms with Crippen LogP contribution in [0.15, 0.2) is 18.2 Å². The predicted octanol–water partition coefficient (Wildman–Crippen LogP) is 2.09. The number of anilines is 1. The Labute approximate surface area is 140 Å². The Kier molecular flexibility index (Phi) is 4.99. The van der Waals surface area contributed by atoms with Crippen LogP contribution in [0.3, 0.4) is 0 Å². The molecule has 7 heteroatoms. The zero-order valence-corrected chi connectivity index (χ0v) is 13.6. The molecule has 1 atom stereocenters. The van der Waals surface area contributed by atoms with Gasteiger partial charge < -0.3 is 15.3 Å². The number of hydrogen-bond acceptors (Lipinski definition) is 5. The zero-order valence-electron chi connectivity index (χ0n) is 13.6. The highest BCUT2D eigenvalue weighted by Crippen LogP contribution is 2.35. The Balaban J connectivity index is 1.86. The minimum absolute atomic E-state index is 0.0232. The number of aliphatic hydroxyl groups is 1. The summed E-state index contributed by atoms with van der Waals surface area (Å²) in [5.41, 5.74) is 1.04. The molecule has 7 nitrogen and oxygen atoms in total. The minimum Gasteiger partial charge on any atom is -0.396 e. The van der Waals surface area contributed by atoms with Gasteiger partial charge in [-0.25, -0.2) is 0 Å². The summed E-state index contributed by atoms with van der Waals surface area (Å²) in [6.07, 6.45) is 4.75. The molecular weight excluding hydrogens is 310 g/mol. The number of carbonyl (C=O) groups is 1. The first kappa shape index (κ1) is 16.7. The Morgan fingerprint density at radius 3 is 2.67 bits per heavy atom. The zero-order chi connectivity index (χ0) is 17.1. The quantitative estimate of drug-likeness (QED) is 0.588. The lowest BCUT2D eigenvalue weighted by atomic mass is 10.1. The maximum atomic E-state index is 12.8. The van der Waals surface area contributed by atoms with Crippen molar-refractivity contribution in [2.45, 2.75) is 38.1 Å². The van der Waals surface area contributed by atoms with Crippen LogP contribution >= 0.6 is 0 Å². The summed E-state index contributed by atoms with van der Waals surface area (Å²) >= 11 is 0. The molecule has 1 heterocycles. The largest absolute Gasteiger partial charge is 0.396 e. The van der Waals surface area contributed by atoms with Gasteiger partial charge in [0.25, 0.3) is 11.6 Å². The molecule has 0 unspecified atom stereocenters. The molecule has 1 saturated heterocycles. The number of aliphatic hydroxyl groups excluding tert-OH is 1. The van der Waals surface area contributed by atoms with E-state index in [1.807, 2.05) is 0 Å². The van der Waals surface area contributed by atoms with Gasteiger partial charge in [0.1, 0.15) is 0 Å². The van der Waals surface area contributed by atoms with Gasteiger partial charge >= 0.3 is 0 Å². The molecule has 2 aliphatic rings. The molecule has 3 rings (SSSR count). The first-order valence-electron chi connectivity index (χ1n) is 8.55. The normalized spacial score (nSPS) is 18.5. The van der Waals surface area contributed by atoms with Gasteiger partial charge in [0.05, 0.1) is 16.2 Å². The lowest BCUT2D eigenvalue weighted by molar-refractivity contribution is -0.384. The summed E-state index contributed by atoms with van der Waals surface area (Å²) in [5.74, 6) is 0.126. The van der Waals surface area contributed by atoms with Crippen LogP contribution in [-0.2, 0) is 0 Å². The van der Waals surface area contributed by atoms with Gasteiger partial charge in [0.15, 0.2) is 0 Å². The number of nitrogens with one attached hydrogen (secondary N) is 1. The molecule has 1 aliphatic heterocycles.